The van der Waals surface area contributed by atoms with Crippen molar-refractivity contribution in [2.24, 2.45) is 0 Å². The van der Waals surface area contributed by atoms with Gasteiger partial charge in [0, 0.05) is 5.57 Å². The highest BCUT2D eigenvalue weighted by Gasteiger charge is 2.16. The van der Waals surface area contributed by atoms with Crippen LogP contribution >= 0.6 is 0 Å². The molecule has 0 unspecified atom stereocenters. The van der Waals surface area contributed by atoms with Gasteiger partial charge in [-0.05, 0) is 37.4 Å². The maximum absolute atomic E-state index is 11.3. The summed E-state index contributed by atoms with van der Waals surface area (Å²) in [5.41, 5.74) is 3.81. The van der Waals surface area contributed by atoms with E-state index in [1.165, 1.54) is 44.1 Å². The average Bonchev–Trinajstić information content (AvgIpc) is 2.73. The van der Waals surface area contributed by atoms with E-state index in [4.69, 9.17) is 18.6 Å². The Kier molecular flexibility index (Phi) is 13.1. The fourth-order valence-corrected chi connectivity index (χ4v) is 4.82. The number of rotatable bonds is 16. The van der Waals surface area contributed by atoms with E-state index in [-0.39, 0.29) is 5.97 Å². The minimum Gasteiger partial charge on any atom is -0.548 e. The molecule has 1 aromatic rings. The molecular weight excluding hydrogens is 384 g/mol. The Bertz CT molecular complexity index is 630. The van der Waals surface area contributed by atoms with Crippen LogP contribution in [0, 0.1) is 0 Å². The predicted molar refractivity (Wildman–Crippen MR) is 119 cm³/mol. The van der Waals surface area contributed by atoms with Crippen LogP contribution in [0.1, 0.15) is 70.3 Å². The minimum absolute atomic E-state index is 0.279. The molecule has 0 aliphatic carbocycles. The Labute approximate surface area is 178 Å². The van der Waals surface area contributed by atoms with Crippen molar-refractivity contribution in [2.75, 3.05) is 27.9 Å². The lowest BCUT2D eigenvalue weighted by atomic mass is 10.0. The third-order valence-corrected chi connectivity index (χ3v) is 6.75. The summed E-state index contributed by atoms with van der Waals surface area (Å²) in [6.07, 6.45) is 11.7. The first-order valence-corrected chi connectivity index (χ1v) is 12.1. The Morgan fingerprint density at radius 3 is 2.03 bits per heavy atom. The van der Waals surface area contributed by atoms with E-state index in [2.05, 4.69) is 18.3 Å². The van der Waals surface area contributed by atoms with Gasteiger partial charge in [-0.3, -0.25) is 0 Å². The molecule has 5 nitrogen and oxygen atoms in total. The second kappa shape index (κ2) is 15.1. The highest BCUT2D eigenvalue weighted by atomic mass is 28.3. The van der Waals surface area contributed by atoms with Gasteiger partial charge in [-0.1, -0.05) is 57.6 Å². The van der Waals surface area contributed by atoms with E-state index >= 15 is 0 Å². The zero-order chi connectivity index (χ0) is 21.5. The molecule has 6 heteroatoms. The van der Waals surface area contributed by atoms with Crippen LogP contribution in [-0.2, 0) is 16.0 Å². The fraction of sp³-hybridized carbons (Fsp3) is 0.652. The fourth-order valence-electron chi connectivity index (χ4n) is 3.30. The number of methoxy groups -OCH3 is 2. The molecule has 164 valence electrons. The molecule has 1 rings (SSSR count). The van der Waals surface area contributed by atoms with Gasteiger partial charge in [0.05, 0.1) is 27.9 Å². The van der Waals surface area contributed by atoms with Gasteiger partial charge in [0.1, 0.15) is 0 Å². The second-order valence-electron chi connectivity index (χ2n) is 7.34. The van der Waals surface area contributed by atoms with Gasteiger partial charge in [0.2, 0.25) is 0 Å². The van der Waals surface area contributed by atoms with Crippen molar-refractivity contribution in [3.8, 4) is 11.1 Å². The molecule has 1 aromatic heterocycles. The van der Waals surface area contributed by atoms with Crippen molar-refractivity contribution in [2.45, 2.75) is 71.1 Å². The first-order valence-electron chi connectivity index (χ1n) is 10.7. The smallest absolute Gasteiger partial charge is 0.333 e. The van der Waals surface area contributed by atoms with E-state index in [0.29, 0.717) is 12.2 Å². The zero-order valence-electron chi connectivity index (χ0n) is 18.7. The first-order chi connectivity index (χ1) is 14.0. The Morgan fingerprint density at radius 1 is 0.931 bits per heavy atom. The average molecular weight is 423 g/mol. The number of carbonyl (C=O) groups is 1. The summed E-state index contributed by atoms with van der Waals surface area (Å²) < 4.78 is 21.7. The van der Waals surface area contributed by atoms with Crippen molar-refractivity contribution in [3.63, 3.8) is 0 Å². The number of carbonyl (C=O) groups excluding carboxylic acids is 1. The number of esters is 1. The lowest BCUT2D eigenvalue weighted by molar-refractivity contribution is -0.139. The Balaban J connectivity index is 2.10. The third-order valence-electron chi connectivity index (χ3n) is 4.96. The highest BCUT2D eigenvalue weighted by Crippen LogP contribution is 2.31. The highest BCUT2D eigenvalue weighted by molar-refractivity contribution is 6.50. The van der Waals surface area contributed by atoms with Gasteiger partial charge in [0.25, 0.3) is 0 Å². The van der Waals surface area contributed by atoms with E-state index in [1.807, 2.05) is 0 Å². The van der Waals surface area contributed by atoms with Crippen LogP contribution in [0.4, 0.5) is 0 Å². The number of unbranched alkanes of at least 4 members (excludes halogenated alkanes) is 8. The van der Waals surface area contributed by atoms with Crippen LogP contribution < -0.4 is 13.9 Å². The lowest BCUT2D eigenvalue weighted by Gasteiger charge is -2.15. The summed E-state index contributed by atoms with van der Waals surface area (Å²) in [5, 5.41) is 0.854. The standard InChI is InChI=1S/C23H38O5Si/c1-19(2)22(24)28-17-14-12-10-8-6-7-9-11-13-15-20-16-18-29(27-5)23(26-4)21(20)25-3/h16,18H,1,6-15,17H2,2-5H3. The van der Waals surface area contributed by atoms with E-state index in [9.17, 15) is 4.79 Å². The molecule has 0 N–H and O–H groups in total. The number of ether oxygens (including phenoxy) is 3. The Hall–Kier alpha value is -1.82. The molecular formula is C23H38O5Si. The molecule has 0 aliphatic rings. The maximum atomic E-state index is 11.3. The van der Waals surface area contributed by atoms with Crippen LogP contribution in [0.25, 0.3) is 0 Å². The van der Waals surface area contributed by atoms with E-state index < -0.39 is 8.64 Å². The zero-order valence-corrected chi connectivity index (χ0v) is 19.7. The first kappa shape index (κ1) is 25.2. The maximum Gasteiger partial charge on any atom is 0.333 e. The molecule has 0 spiro atoms. The van der Waals surface area contributed by atoms with E-state index in [1.54, 1.807) is 28.3 Å². The normalized spacial score (nSPS) is 10.5. The summed E-state index contributed by atoms with van der Waals surface area (Å²) in [4.78, 5) is 11.3. The number of aryl methyl sites for hydroxylation is 1. The molecule has 0 radical (unpaired) electrons. The van der Waals surface area contributed by atoms with Crippen molar-refractivity contribution < 1.29 is 23.4 Å². The van der Waals surface area contributed by atoms with Crippen molar-refractivity contribution in [3.05, 3.63) is 29.5 Å². The van der Waals surface area contributed by atoms with Gasteiger partial charge in [-0.15, -0.1) is 0 Å². The van der Waals surface area contributed by atoms with E-state index in [0.717, 1.165) is 36.8 Å². The van der Waals surface area contributed by atoms with Crippen LogP contribution in [0.3, 0.4) is 0 Å². The van der Waals surface area contributed by atoms with Crippen LogP contribution in [-0.4, -0.2) is 42.5 Å². The molecule has 0 aliphatic heterocycles. The molecule has 0 saturated carbocycles. The number of hydrogen-bond acceptors (Lipinski definition) is 5. The van der Waals surface area contributed by atoms with Gasteiger partial charge >= 0.3 is 14.6 Å². The lowest BCUT2D eigenvalue weighted by Crippen LogP contribution is -2.13. The molecule has 0 fully saturated rings. The largest absolute Gasteiger partial charge is 0.548 e. The summed E-state index contributed by atoms with van der Waals surface area (Å²) >= 11 is 0. The predicted octanol–water partition coefficient (Wildman–Crippen LogP) is 4.96. The van der Waals surface area contributed by atoms with Gasteiger partial charge < -0.3 is 18.6 Å². The SMILES string of the molecule is C=C(C)C(=O)OCCCCCCCCCCCc1cc[si](OC)c(OC)c1OC. The van der Waals surface area contributed by atoms with Crippen LogP contribution in [0.15, 0.2) is 23.9 Å². The van der Waals surface area contributed by atoms with Crippen LogP contribution in [0.5, 0.6) is 11.1 Å². The minimum atomic E-state index is -1.23. The summed E-state index contributed by atoms with van der Waals surface area (Å²) in [5.74, 6) is 0.582. The van der Waals surface area contributed by atoms with Crippen molar-refractivity contribution in [1.29, 1.82) is 0 Å². The quantitative estimate of drug-likeness (QED) is 0.163. The second-order valence-corrected chi connectivity index (χ2v) is 9.27. The topological polar surface area (TPSA) is 54.0 Å². The molecule has 1 heterocycles. The molecule has 0 bridgehead atoms. The molecule has 0 atom stereocenters. The third kappa shape index (κ3) is 9.48. The van der Waals surface area contributed by atoms with Crippen LogP contribution in [0.2, 0.25) is 0 Å². The molecule has 0 aromatic carbocycles. The summed E-state index contributed by atoms with van der Waals surface area (Å²) in [6, 6.07) is 2.15. The molecule has 0 amide bonds. The molecule has 0 saturated heterocycles. The van der Waals surface area contributed by atoms with Gasteiger partial charge in [0.15, 0.2) is 11.1 Å². The van der Waals surface area contributed by atoms with Crippen molar-refractivity contribution in [1.82, 2.24) is 0 Å². The number of hydrogen-bond donors (Lipinski definition) is 0. The molecule has 29 heavy (non-hydrogen) atoms. The monoisotopic (exact) mass is 422 g/mol. The van der Waals surface area contributed by atoms with Gasteiger partial charge in [-0.25, -0.2) is 4.79 Å². The summed E-state index contributed by atoms with van der Waals surface area (Å²) in [7, 11) is 3.87. The summed E-state index contributed by atoms with van der Waals surface area (Å²) in [6.45, 7) is 5.76. The van der Waals surface area contributed by atoms with Crippen molar-refractivity contribution >= 4 is 14.6 Å². The Morgan fingerprint density at radius 2 is 1.52 bits per heavy atom. The van der Waals surface area contributed by atoms with Gasteiger partial charge in [-0.2, -0.15) is 0 Å².